The highest BCUT2D eigenvalue weighted by Gasteiger charge is 2.31. The lowest BCUT2D eigenvalue weighted by Gasteiger charge is -2.16. The molecule has 1 amide bonds. The molecule has 0 bridgehead atoms. The molecule has 0 N–H and O–H groups in total. The largest absolute Gasteiger partial charge is 0.340 e. The Morgan fingerprint density at radius 1 is 1.23 bits per heavy atom. The van der Waals surface area contributed by atoms with Gasteiger partial charge in [-0.2, -0.15) is 0 Å². The molecule has 6 heteroatoms. The molecule has 5 nitrogen and oxygen atoms in total. The highest BCUT2D eigenvalue weighted by Crippen LogP contribution is 2.39. The molecule has 1 aliphatic heterocycles. The van der Waals surface area contributed by atoms with Gasteiger partial charge in [0.15, 0.2) is 0 Å². The van der Waals surface area contributed by atoms with Gasteiger partial charge in [0.1, 0.15) is 0 Å². The van der Waals surface area contributed by atoms with Crippen LogP contribution in [0.3, 0.4) is 0 Å². The first-order chi connectivity index (χ1) is 12.6. The van der Waals surface area contributed by atoms with Gasteiger partial charge in [-0.05, 0) is 37.0 Å². The van der Waals surface area contributed by atoms with E-state index < -0.39 is 0 Å². The monoisotopic (exact) mass is 370 g/mol. The van der Waals surface area contributed by atoms with Crippen molar-refractivity contribution in [3.05, 3.63) is 41.7 Å². The van der Waals surface area contributed by atoms with E-state index in [4.69, 9.17) is 0 Å². The summed E-state index contributed by atoms with van der Waals surface area (Å²) in [6.07, 6.45) is 6.00. The number of nitrogens with zero attached hydrogens (tertiary/aromatic N) is 4. The normalized spacial score (nSPS) is 20.1. The topological polar surface area (TPSA) is 51.0 Å². The van der Waals surface area contributed by atoms with Crippen molar-refractivity contribution in [2.75, 3.05) is 13.1 Å². The number of hydrogen-bond acceptors (Lipinski definition) is 4. The number of amides is 1. The van der Waals surface area contributed by atoms with Crippen LogP contribution in [0.15, 0.2) is 35.4 Å². The Morgan fingerprint density at radius 2 is 2.00 bits per heavy atom. The van der Waals surface area contributed by atoms with Crippen LogP contribution in [0, 0.1) is 0 Å². The number of aromatic nitrogens is 3. The van der Waals surface area contributed by atoms with Crippen LogP contribution in [-0.4, -0.2) is 44.1 Å². The molecule has 138 valence electrons. The molecule has 1 aliphatic carbocycles. The Morgan fingerprint density at radius 3 is 2.69 bits per heavy atom. The van der Waals surface area contributed by atoms with Crippen molar-refractivity contribution < 1.29 is 4.79 Å². The van der Waals surface area contributed by atoms with E-state index in [0.29, 0.717) is 17.6 Å². The molecule has 1 aromatic heterocycles. The van der Waals surface area contributed by atoms with E-state index >= 15 is 0 Å². The lowest BCUT2D eigenvalue weighted by molar-refractivity contribution is -0.129. The maximum atomic E-state index is 12.7. The molecule has 0 radical (unpaired) electrons. The predicted molar refractivity (Wildman–Crippen MR) is 103 cm³/mol. The lowest BCUT2D eigenvalue weighted by atomic mass is 10.1. The second kappa shape index (κ2) is 7.43. The van der Waals surface area contributed by atoms with Gasteiger partial charge in [0.2, 0.25) is 5.91 Å². The zero-order valence-electron chi connectivity index (χ0n) is 15.5. The van der Waals surface area contributed by atoms with Crippen LogP contribution in [0.4, 0.5) is 0 Å². The fraction of sp³-hybridized carbons (Fsp3) is 0.550. The second-order valence-corrected chi connectivity index (χ2v) is 9.32. The first-order valence-electron chi connectivity index (χ1n) is 9.53. The minimum atomic E-state index is 0.208. The molecule has 2 aliphatic rings. The number of rotatable bonds is 6. The SMILES string of the molecule is CC(C)Sc1ccc(CC(=O)N2CC[C@@H](n3cc(C4CC4)nn3)C2)cc1. The van der Waals surface area contributed by atoms with Crippen LogP contribution in [0.25, 0.3) is 0 Å². The van der Waals surface area contributed by atoms with Crippen LogP contribution in [0.1, 0.15) is 56.3 Å². The number of hydrogen-bond donors (Lipinski definition) is 0. The molecule has 1 saturated heterocycles. The van der Waals surface area contributed by atoms with Gasteiger partial charge >= 0.3 is 0 Å². The van der Waals surface area contributed by atoms with E-state index in [1.54, 1.807) is 0 Å². The molecular weight excluding hydrogens is 344 g/mol. The lowest BCUT2D eigenvalue weighted by Crippen LogP contribution is -2.30. The molecule has 4 rings (SSSR count). The van der Waals surface area contributed by atoms with Crippen molar-refractivity contribution in [2.45, 2.75) is 61.6 Å². The van der Waals surface area contributed by atoms with Gasteiger partial charge in [-0.15, -0.1) is 16.9 Å². The average Bonchev–Trinajstić information content (AvgIpc) is 3.15. The number of benzene rings is 1. The Bertz CT molecular complexity index is 766. The maximum Gasteiger partial charge on any atom is 0.227 e. The van der Waals surface area contributed by atoms with Gasteiger partial charge < -0.3 is 4.90 Å². The summed E-state index contributed by atoms with van der Waals surface area (Å²) < 4.78 is 1.97. The van der Waals surface area contributed by atoms with Crippen molar-refractivity contribution in [2.24, 2.45) is 0 Å². The van der Waals surface area contributed by atoms with Gasteiger partial charge in [-0.3, -0.25) is 4.79 Å². The summed E-state index contributed by atoms with van der Waals surface area (Å²) >= 11 is 1.85. The third-order valence-corrected chi connectivity index (χ3v) is 6.08. The molecule has 2 heterocycles. The molecular formula is C20H26N4OS. The number of thioether (sulfide) groups is 1. The van der Waals surface area contributed by atoms with Gasteiger partial charge in [0.25, 0.3) is 0 Å². The Kier molecular flexibility index (Phi) is 5.02. The summed E-state index contributed by atoms with van der Waals surface area (Å²) in [6, 6.07) is 8.66. The Hall–Kier alpha value is -1.82. The summed E-state index contributed by atoms with van der Waals surface area (Å²) in [5.41, 5.74) is 2.21. The molecule has 1 aromatic carbocycles. The standard InChI is InChI=1S/C20H26N4OS/c1-14(2)26-18-7-3-15(4-8-18)11-20(25)23-10-9-17(12-23)24-13-19(21-22-24)16-5-6-16/h3-4,7-8,13-14,16-17H,5-6,9-12H2,1-2H3/t17-/m1/s1. The van der Waals surface area contributed by atoms with Crippen molar-refractivity contribution in [3.8, 4) is 0 Å². The van der Waals surface area contributed by atoms with Crippen LogP contribution >= 0.6 is 11.8 Å². The zero-order valence-corrected chi connectivity index (χ0v) is 16.3. The number of carbonyl (C=O) groups is 1. The van der Waals surface area contributed by atoms with E-state index in [9.17, 15) is 4.79 Å². The number of likely N-dealkylation sites (tertiary alicyclic amines) is 1. The third-order valence-electron chi connectivity index (χ3n) is 5.06. The van der Waals surface area contributed by atoms with E-state index in [2.05, 4.69) is 54.6 Å². The first-order valence-corrected chi connectivity index (χ1v) is 10.4. The second-order valence-electron chi connectivity index (χ2n) is 7.67. The maximum absolute atomic E-state index is 12.7. The van der Waals surface area contributed by atoms with Gasteiger partial charge in [-0.25, -0.2) is 4.68 Å². The van der Waals surface area contributed by atoms with Crippen molar-refractivity contribution >= 4 is 17.7 Å². The van der Waals surface area contributed by atoms with E-state index in [0.717, 1.165) is 30.8 Å². The number of carbonyl (C=O) groups excluding carboxylic acids is 1. The van der Waals surface area contributed by atoms with Gasteiger partial charge in [-0.1, -0.05) is 31.2 Å². The quantitative estimate of drug-likeness (QED) is 0.728. The fourth-order valence-electron chi connectivity index (χ4n) is 3.46. The summed E-state index contributed by atoms with van der Waals surface area (Å²) in [5.74, 6) is 0.832. The van der Waals surface area contributed by atoms with E-state index in [1.807, 2.05) is 21.3 Å². The molecule has 0 spiro atoms. The summed E-state index contributed by atoms with van der Waals surface area (Å²) in [5, 5.41) is 9.16. The van der Waals surface area contributed by atoms with Crippen molar-refractivity contribution in [3.63, 3.8) is 0 Å². The van der Waals surface area contributed by atoms with Crippen LogP contribution in [0.5, 0.6) is 0 Å². The van der Waals surface area contributed by atoms with Gasteiger partial charge in [0, 0.05) is 35.3 Å². The van der Waals surface area contributed by atoms with Crippen LogP contribution in [-0.2, 0) is 11.2 Å². The third kappa shape index (κ3) is 4.11. The van der Waals surface area contributed by atoms with Gasteiger partial charge in [0.05, 0.1) is 18.2 Å². The summed E-state index contributed by atoms with van der Waals surface area (Å²) in [7, 11) is 0. The molecule has 2 fully saturated rings. The highest BCUT2D eigenvalue weighted by molar-refractivity contribution is 7.99. The molecule has 2 aromatic rings. The predicted octanol–water partition coefficient (Wildman–Crippen LogP) is 3.67. The summed E-state index contributed by atoms with van der Waals surface area (Å²) in [4.78, 5) is 15.9. The molecule has 1 saturated carbocycles. The molecule has 1 atom stereocenters. The molecule has 26 heavy (non-hydrogen) atoms. The smallest absolute Gasteiger partial charge is 0.227 e. The fourth-order valence-corrected chi connectivity index (χ4v) is 4.30. The highest BCUT2D eigenvalue weighted by atomic mass is 32.2. The molecule has 0 unspecified atom stereocenters. The Balaban J connectivity index is 1.32. The summed E-state index contributed by atoms with van der Waals surface area (Å²) in [6.45, 7) is 5.93. The minimum absolute atomic E-state index is 0.208. The first kappa shape index (κ1) is 17.6. The van der Waals surface area contributed by atoms with Crippen molar-refractivity contribution in [1.82, 2.24) is 19.9 Å². The van der Waals surface area contributed by atoms with Crippen LogP contribution < -0.4 is 0 Å². The Labute approximate surface area is 159 Å². The van der Waals surface area contributed by atoms with Crippen molar-refractivity contribution in [1.29, 1.82) is 0 Å². The van der Waals surface area contributed by atoms with Crippen LogP contribution in [0.2, 0.25) is 0 Å². The van der Waals surface area contributed by atoms with E-state index in [-0.39, 0.29) is 11.9 Å². The average molecular weight is 371 g/mol. The van der Waals surface area contributed by atoms with E-state index in [1.165, 1.54) is 17.7 Å². The zero-order chi connectivity index (χ0) is 18.1. The minimum Gasteiger partial charge on any atom is -0.340 e.